The van der Waals surface area contributed by atoms with E-state index in [0.29, 0.717) is 5.56 Å². The van der Waals surface area contributed by atoms with E-state index in [1.165, 1.54) is 0 Å². The molecule has 4 heteroatoms. The molecule has 0 fully saturated rings. The highest BCUT2D eigenvalue weighted by Crippen LogP contribution is 2.36. The van der Waals surface area contributed by atoms with Gasteiger partial charge in [-0.05, 0) is 53.5 Å². The first-order chi connectivity index (χ1) is 9.00. The fourth-order valence-electron chi connectivity index (χ4n) is 2.05. The number of benzene rings is 2. The molecule has 0 spiro atoms. The molecular formula is C15H16BrNO2. The van der Waals surface area contributed by atoms with E-state index in [4.69, 9.17) is 0 Å². The lowest BCUT2D eigenvalue weighted by molar-refractivity contribution is 0.434. The number of aryl methyl sites for hydroxylation is 1. The van der Waals surface area contributed by atoms with Gasteiger partial charge < -0.3 is 15.5 Å². The van der Waals surface area contributed by atoms with Crippen molar-refractivity contribution in [3.8, 4) is 11.5 Å². The SMILES string of the molecule is Cc1cccc(NC(C)c2c(O)cccc2O)c1Br. The van der Waals surface area contributed by atoms with Crippen molar-refractivity contribution < 1.29 is 10.2 Å². The standard InChI is InChI=1S/C15H16BrNO2/c1-9-5-3-6-11(15(9)16)17-10(2)14-12(18)7-4-8-13(14)19/h3-8,10,17-19H,1-2H3. The van der Waals surface area contributed by atoms with Crippen LogP contribution in [0.5, 0.6) is 11.5 Å². The second kappa shape index (κ2) is 5.53. The van der Waals surface area contributed by atoms with E-state index in [2.05, 4.69) is 21.2 Å². The van der Waals surface area contributed by atoms with Crippen LogP contribution < -0.4 is 5.32 Å². The zero-order valence-electron chi connectivity index (χ0n) is 10.8. The number of nitrogens with one attached hydrogen (secondary N) is 1. The van der Waals surface area contributed by atoms with E-state index in [1.54, 1.807) is 18.2 Å². The second-order valence-electron chi connectivity index (χ2n) is 4.51. The van der Waals surface area contributed by atoms with Crippen LogP contribution in [0.25, 0.3) is 0 Å². The number of anilines is 1. The maximum absolute atomic E-state index is 9.85. The fourth-order valence-corrected chi connectivity index (χ4v) is 2.43. The summed E-state index contributed by atoms with van der Waals surface area (Å²) in [5.74, 6) is 0.174. The molecule has 0 aliphatic carbocycles. The molecule has 2 rings (SSSR count). The zero-order valence-corrected chi connectivity index (χ0v) is 12.4. The number of aromatic hydroxyl groups is 2. The molecular weight excluding hydrogens is 306 g/mol. The van der Waals surface area contributed by atoms with E-state index < -0.39 is 0 Å². The Kier molecular flexibility index (Phi) is 4.00. The summed E-state index contributed by atoms with van der Waals surface area (Å²) in [6.07, 6.45) is 0. The van der Waals surface area contributed by atoms with Crippen molar-refractivity contribution in [1.29, 1.82) is 0 Å². The maximum Gasteiger partial charge on any atom is 0.124 e. The Morgan fingerprint density at radius 3 is 2.26 bits per heavy atom. The highest BCUT2D eigenvalue weighted by Gasteiger charge is 2.15. The molecule has 0 aliphatic heterocycles. The van der Waals surface area contributed by atoms with Crippen LogP contribution in [0.1, 0.15) is 24.1 Å². The molecule has 0 saturated carbocycles. The molecule has 3 nitrogen and oxygen atoms in total. The van der Waals surface area contributed by atoms with Crippen molar-refractivity contribution in [2.75, 3.05) is 5.32 Å². The lowest BCUT2D eigenvalue weighted by Crippen LogP contribution is -2.08. The van der Waals surface area contributed by atoms with Crippen LogP contribution in [-0.4, -0.2) is 10.2 Å². The minimum Gasteiger partial charge on any atom is -0.507 e. The van der Waals surface area contributed by atoms with Gasteiger partial charge in [0.25, 0.3) is 0 Å². The Hall–Kier alpha value is -1.68. The third-order valence-corrected chi connectivity index (χ3v) is 4.11. The second-order valence-corrected chi connectivity index (χ2v) is 5.31. The van der Waals surface area contributed by atoms with Crippen molar-refractivity contribution in [2.45, 2.75) is 19.9 Å². The quantitative estimate of drug-likeness (QED) is 0.788. The lowest BCUT2D eigenvalue weighted by atomic mass is 10.1. The van der Waals surface area contributed by atoms with E-state index in [-0.39, 0.29) is 17.5 Å². The van der Waals surface area contributed by atoms with Crippen LogP contribution in [0, 0.1) is 6.92 Å². The Bertz CT molecular complexity index is 578. The van der Waals surface area contributed by atoms with Gasteiger partial charge in [-0.15, -0.1) is 0 Å². The van der Waals surface area contributed by atoms with Crippen LogP contribution in [0.2, 0.25) is 0 Å². The van der Waals surface area contributed by atoms with Crippen LogP contribution in [-0.2, 0) is 0 Å². The van der Waals surface area contributed by atoms with Gasteiger partial charge in [-0.25, -0.2) is 0 Å². The third kappa shape index (κ3) is 2.84. The monoisotopic (exact) mass is 321 g/mol. The molecule has 19 heavy (non-hydrogen) atoms. The summed E-state index contributed by atoms with van der Waals surface area (Å²) in [4.78, 5) is 0. The molecule has 0 radical (unpaired) electrons. The van der Waals surface area contributed by atoms with Gasteiger partial charge in [0.15, 0.2) is 0 Å². The van der Waals surface area contributed by atoms with Crippen LogP contribution in [0.4, 0.5) is 5.69 Å². The minimum atomic E-state index is -0.209. The molecule has 0 bridgehead atoms. The summed E-state index contributed by atoms with van der Waals surface area (Å²) < 4.78 is 0.983. The summed E-state index contributed by atoms with van der Waals surface area (Å²) in [6, 6.07) is 10.5. The number of rotatable bonds is 3. The molecule has 0 amide bonds. The largest absolute Gasteiger partial charge is 0.507 e. The van der Waals surface area contributed by atoms with Crippen LogP contribution in [0.3, 0.4) is 0 Å². The fraction of sp³-hybridized carbons (Fsp3) is 0.200. The summed E-state index contributed by atoms with van der Waals surface area (Å²) in [7, 11) is 0. The Labute approximate surface area is 121 Å². The van der Waals surface area contributed by atoms with Gasteiger partial charge in [-0.2, -0.15) is 0 Å². The topological polar surface area (TPSA) is 52.5 Å². The molecule has 0 heterocycles. The molecule has 0 aliphatic rings. The van der Waals surface area contributed by atoms with Crippen LogP contribution >= 0.6 is 15.9 Å². The van der Waals surface area contributed by atoms with Gasteiger partial charge in [0.2, 0.25) is 0 Å². The number of halogens is 1. The summed E-state index contributed by atoms with van der Waals surface area (Å²) in [5.41, 5.74) is 2.55. The van der Waals surface area contributed by atoms with Crippen molar-refractivity contribution in [3.63, 3.8) is 0 Å². The van der Waals surface area contributed by atoms with Gasteiger partial charge in [0.1, 0.15) is 11.5 Å². The molecule has 3 N–H and O–H groups in total. The zero-order chi connectivity index (χ0) is 14.0. The molecule has 0 saturated heterocycles. The number of hydrogen-bond acceptors (Lipinski definition) is 3. The summed E-state index contributed by atoms with van der Waals surface area (Å²) in [5, 5.41) is 23.0. The number of hydrogen-bond donors (Lipinski definition) is 3. The predicted molar refractivity (Wildman–Crippen MR) is 80.7 cm³/mol. The summed E-state index contributed by atoms with van der Waals surface area (Å²) >= 11 is 3.53. The molecule has 2 aromatic rings. The molecule has 1 unspecified atom stereocenters. The Morgan fingerprint density at radius 2 is 1.63 bits per heavy atom. The van der Waals surface area contributed by atoms with Gasteiger partial charge >= 0.3 is 0 Å². The highest BCUT2D eigenvalue weighted by molar-refractivity contribution is 9.10. The van der Waals surface area contributed by atoms with Crippen molar-refractivity contribution in [3.05, 3.63) is 52.0 Å². The normalized spacial score (nSPS) is 12.2. The van der Waals surface area contributed by atoms with E-state index in [0.717, 1.165) is 15.7 Å². The molecule has 0 aromatic heterocycles. The summed E-state index contributed by atoms with van der Waals surface area (Å²) in [6.45, 7) is 3.90. The highest BCUT2D eigenvalue weighted by atomic mass is 79.9. The van der Waals surface area contributed by atoms with E-state index in [1.807, 2.05) is 32.0 Å². The lowest BCUT2D eigenvalue weighted by Gasteiger charge is -2.19. The minimum absolute atomic E-state index is 0.0868. The van der Waals surface area contributed by atoms with E-state index >= 15 is 0 Å². The Balaban J connectivity index is 2.31. The van der Waals surface area contributed by atoms with Gasteiger partial charge in [-0.3, -0.25) is 0 Å². The number of phenols is 2. The smallest absolute Gasteiger partial charge is 0.124 e. The van der Waals surface area contributed by atoms with Crippen molar-refractivity contribution in [2.24, 2.45) is 0 Å². The average molecular weight is 322 g/mol. The van der Waals surface area contributed by atoms with Crippen molar-refractivity contribution >= 4 is 21.6 Å². The number of phenolic OH excluding ortho intramolecular Hbond substituents is 2. The first kappa shape index (κ1) is 13.7. The maximum atomic E-state index is 9.85. The Morgan fingerprint density at radius 1 is 1.05 bits per heavy atom. The molecule has 2 aromatic carbocycles. The van der Waals surface area contributed by atoms with E-state index in [9.17, 15) is 10.2 Å². The average Bonchev–Trinajstić information content (AvgIpc) is 2.35. The molecule has 100 valence electrons. The third-order valence-electron chi connectivity index (χ3n) is 3.06. The molecule has 1 atom stereocenters. The van der Waals surface area contributed by atoms with Gasteiger partial charge in [-0.1, -0.05) is 18.2 Å². The van der Waals surface area contributed by atoms with Gasteiger partial charge in [0.05, 0.1) is 11.6 Å². The first-order valence-electron chi connectivity index (χ1n) is 6.03. The van der Waals surface area contributed by atoms with Crippen LogP contribution in [0.15, 0.2) is 40.9 Å². The predicted octanol–water partition coefficient (Wildman–Crippen LogP) is 4.34. The van der Waals surface area contributed by atoms with Gasteiger partial charge in [0, 0.05) is 10.2 Å². The first-order valence-corrected chi connectivity index (χ1v) is 6.82. The van der Waals surface area contributed by atoms with Crippen molar-refractivity contribution in [1.82, 2.24) is 0 Å².